The summed E-state index contributed by atoms with van der Waals surface area (Å²) in [5, 5.41) is 15.3. The van der Waals surface area contributed by atoms with Gasteiger partial charge in [-0.05, 0) is 42.6 Å². The summed E-state index contributed by atoms with van der Waals surface area (Å²) in [7, 11) is 2.02. The zero-order valence-corrected chi connectivity index (χ0v) is 16.1. The van der Waals surface area contributed by atoms with E-state index in [1.807, 2.05) is 25.2 Å². The number of aromatic hydroxyl groups is 1. The normalized spacial score (nSPS) is 11.5. The van der Waals surface area contributed by atoms with Crippen molar-refractivity contribution in [2.24, 2.45) is 0 Å². The average molecular weight is 366 g/mol. The summed E-state index contributed by atoms with van der Waals surface area (Å²) < 4.78 is 2.35. The molecule has 1 heterocycles. The molecule has 0 saturated heterocycles. The number of rotatable bonds is 3. The highest BCUT2D eigenvalue weighted by atomic mass is 16.3. The maximum Gasteiger partial charge on any atom is 0.139 e. The van der Waals surface area contributed by atoms with E-state index in [1.54, 1.807) is 6.07 Å². The third kappa shape index (κ3) is 2.36. The summed E-state index contributed by atoms with van der Waals surface area (Å²) in [5.41, 5.74) is 4.38. The van der Waals surface area contributed by atoms with Gasteiger partial charge in [-0.25, -0.2) is 0 Å². The molecule has 0 bridgehead atoms. The maximum absolute atomic E-state index is 10.6. The quantitative estimate of drug-likeness (QED) is 0.398. The van der Waals surface area contributed by atoms with E-state index in [2.05, 4.69) is 71.0 Å². The predicted molar refractivity (Wildman–Crippen MR) is 119 cm³/mol. The van der Waals surface area contributed by atoms with Gasteiger partial charge in [0.25, 0.3) is 0 Å². The number of nitrogens with zero attached hydrogens (tertiary/aromatic N) is 2. The van der Waals surface area contributed by atoms with E-state index in [4.69, 9.17) is 0 Å². The second-order valence-corrected chi connectivity index (χ2v) is 7.18. The molecule has 1 N–H and O–H groups in total. The van der Waals surface area contributed by atoms with Crippen molar-refractivity contribution >= 4 is 44.0 Å². The molecule has 5 aromatic rings. The number of phenolic OH excluding ortho intramolecular Hbond substituents is 1. The number of hydrogen-bond acceptors (Lipinski definition) is 2. The smallest absolute Gasteiger partial charge is 0.139 e. The number of aromatic nitrogens is 1. The van der Waals surface area contributed by atoms with Crippen LogP contribution in [0.4, 0.5) is 11.4 Å². The van der Waals surface area contributed by atoms with Gasteiger partial charge in [-0.1, -0.05) is 48.5 Å². The Bertz CT molecular complexity index is 1330. The minimum Gasteiger partial charge on any atom is -0.506 e. The van der Waals surface area contributed by atoms with Crippen LogP contribution in [0.1, 0.15) is 6.92 Å². The molecule has 0 aliphatic heterocycles. The van der Waals surface area contributed by atoms with Gasteiger partial charge in [0.15, 0.2) is 0 Å². The number of hydrogen-bond donors (Lipinski definition) is 1. The molecule has 138 valence electrons. The monoisotopic (exact) mass is 366 g/mol. The van der Waals surface area contributed by atoms with Crippen LogP contribution in [0.25, 0.3) is 32.6 Å². The van der Waals surface area contributed by atoms with Crippen LogP contribution in [0, 0.1) is 0 Å². The number of phenols is 1. The van der Waals surface area contributed by atoms with Crippen molar-refractivity contribution in [1.29, 1.82) is 0 Å². The van der Waals surface area contributed by atoms with Gasteiger partial charge in [-0.3, -0.25) is 0 Å². The van der Waals surface area contributed by atoms with Crippen LogP contribution in [0.2, 0.25) is 0 Å². The number of fused-ring (bicyclic) bond motifs is 4. The van der Waals surface area contributed by atoms with Crippen molar-refractivity contribution in [2.75, 3.05) is 11.9 Å². The van der Waals surface area contributed by atoms with Crippen LogP contribution in [0.3, 0.4) is 0 Å². The number of benzene rings is 4. The van der Waals surface area contributed by atoms with Crippen LogP contribution in [-0.2, 0) is 6.54 Å². The first kappa shape index (κ1) is 16.7. The molecule has 0 saturated carbocycles. The van der Waals surface area contributed by atoms with Gasteiger partial charge in [-0.15, -0.1) is 0 Å². The molecular formula is C25H22N2O. The van der Waals surface area contributed by atoms with Crippen molar-refractivity contribution in [1.82, 2.24) is 4.57 Å². The summed E-state index contributed by atoms with van der Waals surface area (Å²) in [6, 6.07) is 27.0. The third-order valence-electron chi connectivity index (χ3n) is 5.67. The van der Waals surface area contributed by atoms with Gasteiger partial charge in [0.2, 0.25) is 0 Å². The molecule has 28 heavy (non-hydrogen) atoms. The lowest BCUT2D eigenvalue weighted by Crippen LogP contribution is -2.10. The highest BCUT2D eigenvalue weighted by Crippen LogP contribution is 2.40. The van der Waals surface area contributed by atoms with E-state index in [9.17, 15) is 5.11 Å². The van der Waals surface area contributed by atoms with Crippen LogP contribution in [-0.4, -0.2) is 16.7 Å². The highest BCUT2D eigenvalue weighted by molar-refractivity contribution is 6.09. The molecule has 0 atom stereocenters. The molecule has 0 radical (unpaired) electrons. The second-order valence-electron chi connectivity index (χ2n) is 7.18. The van der Waals surface area contributed by atoms with E-state index in [1.165, 1.54) is 21.8 Å². The van der Waals surface area contributed by atoms with E-state index < -0.39 is 0 Å². The van der Waals surface area contributed by atoms with Crippen molar-refractivity contribution < 1.29 is 5.11 Å². The van der Waals surface area contributed by atoms with Crippen molar-refractivity contribution in [3.63, 3.8) is 0 Å². The Morgan fingerprint density at radius 3 is 2.32 bits per heavy atom. The molecule has 3 heteroatoms. The second kappa shape index (κ2) is 6.31. The summed E-state index contributed by atoms with van der Waals surface area (Å²) in [6.07, 6.45) is 0. The molecular weight excluding hydrogens is 344 g/mol. The first-order chi connectivity index (χ1) is 13.7. The fourth-order valence-electron chi connectivity index (χ4n) is 4.32. The Balaban J connectivity index is 1.74. The Morgan fingerprint density at radius 1 is 0.786 bits per heavy atom. The summed E-state index contributed by atoms with van der Waals surface area (Å²) in [6.45, 7) is 3.11. The molecule has 0 amide bonds. The van der Waals surface area contributed by atoms with Crippen molar-refractivity contribution in [3.8, 4) is 5.75 Å². The van der Waals surface area contributed by atoms with Crippen LogP contribution < -0.4 is 4.90 Å². The van der Waals surface area contributed by atoms with Gasteiger partial charge in [0.1, 0.15) is 5.75 Å². The van der Waals surface area contributed by atoms with Gasteiger partial charge in [0, 0.05) is 46.5 Å². The highest BCUT2D eigenvalue weighted by Gasteiger charge is 2.15. The number of para-hydroxylation sites is 1. The minimum absolute atomic E-state index is 0.289. The van der Waals surface area contributed by atoms with Crippen molar-refractivity contribution in [2.45, 2.75) is 13.5 Å². The third-order valence-corrected chi connectivity index (χ3v) is 5.67. The van der Waals surface area contributed by atoms with Crippen LogP contribution >= 0.6 is 0 Å². The van der Waals surface area contributed by atoms with Crippen molar-refractivity contribution in [3.05, 3.63) is 78.9 Å². The van der Waals surface area contributed by atoms with Gasteiger partial charge in [0.05, 0.1) is 5.69 Å². The standard InChI is InChI=1S/C25H22N2O/c1-3-27-22-11-7-6-10-20(22)21-16-18(13-14-23(21)27)26(2)25-19-9-5-4-8-17(19)12-15-24(25)28/h4-16,28H,3H2,1-2H3. The topological polar surface area (TPSA) is 28.4 Å². The Morgan fingerprint density at radius 2 is 1.50 bits per heavy atom. The molecule has 1 aromatic heterocycles. The van der Waals surface area contributed by atoms with E-state index >= 15 is 0 Å². The Kier molecular flexibility index (Phi) is 3.76. The maximum atomic E-state index is 10.6. The van der Waals surface area contributed by atoms with E-state index in [0.717, 1.165) is 28.7 Å². The lowest BCUT2D eigenvalue weighted by atomic mass is 10.1. The molecule has 4 aromatic carbocycles. The van der Waals surface area contributed by atoms with Crippen LogP contribution in [0.5, 0.6) is 5.75 Å². The molecule has 0 fully saturated rings. The zero-order chi connectivity index (χ0) is 19.3. The number of anilines is 2. The summed E-state index contributed by atoms with van der Waals surface area (Å²) in [5.74, 6) is 0.289. The van der Waals surface area contributed by atoms with Gasteiger partial charge in [-0.2, -0.15) is 0 Å². The molecule has 0 aliphatic carbocycles. The first-order valence-electron chi connectivity index (χ1n) is 9.64. The molecule has 0 aliphatic rings. The van der Waals surface area contributed by atoms with Gasteiger partial charge < -0.3 is 14.6 Å². The Labute approximate surface area is 164 Å². The van der Waals surface area contributed by atoms with E-state index in [0.29, 0.717) is 0 Å². The molecule has 0 spiro atoms. The number of aryl methyl sites for hydroxylation is 1. The van der Waals surface area contributed by atoms with E-state index in [-0.39, 0.29) is 5.75 Å². The predicted octanol–water partition coefficient (Wildman–Crippen LogP) is 6.44. The molecule has 0 unspecified atom stereocenters. The largest absolute Gasteiger partial charge is 0.506 e. The lowest BCUT2D eigenvalue weighted by molar-refractivity contribution is 0.477. The summed E-state index contributed by atoms with van der Waals surface area (Å²) in [4.78, 5) is 2.08. The fraction of sp³-hybridized carbons (Fsp3) is 0.120. The molecule has 3 nitrogen and oxygen atoms in total. The molecule has 5 rings (SSSR count). The fourth-order valence-corrected chi connectivity index (χ4v) is 4.32. The minimum atomic E-state index is 0.289. The average Bonchev–Trinajstić information content (AvgIpc) is 3.06. The summed E-state index contributed by atoms with van der Waals surface area (Å²) >= 11 is 0. The lowest BCUT2D eigenvalue weighted by Gasteiger charge is -2.23. The SMILES string of the molecule is CCn1c2ccccc2c2cc(N(C)c3c(O)ccc4ccccc34)ccc21. The first-order valence-corrected chi connectivity index (χ1v) is 9.64. The Hall–Kier alpha value is -3.46. The van der Waals surface area contributed by atoms with Gasteiger partial charge >= 0.3 is 0 Å². The zero-order valence-electron chi connectivity index (χ0n) is 16.1. The van der Waals surface area contributed by atoms with Crippen LogP contribution in [0.15, 0.2) is 78.9 Å².